The first-order chi connectivity index (χ1) is 12.8. The van der Waals surface area contributed by atoms with Crippen LogP contribution in [0, 0.1) is 12.8 Å². The Kier molecular flexibility index (Phi) is 5.34. The molecule has 8 nitrogen and oxygen atoms in total. The monoisotopic (exact) mass is 371 g/mol. The summed E-state index contributed by atoms with van der Waals surface area (Å²) in [5.41, 5.74) is 2.35. The van der Waals surface area contributed by atoms with Crippen LogP contribution < -0.4 is 5.46 Å². The van der Waals surface area contributed by atoms with Crippen LogP contribution in [0.4, 0.5) is 0 Å². The number of nitrogens with zero attached hydrogens (tertiary/aromatic N) is 2. The molecule has 2 heterocycles. The summed E-state index contributed by atoms with van der Waals surface area (Å²) in [6, 6.07) is 2.38. The zero-order valence-corrected chi connectivity index (χ0v) is 15.5. The van der Waals surface area contributed by atoms with E-state index in [1.165, 1.54) is 4.90 Å². The van der Waals surface area contributed by atoms with Crippen LogP contribution in [-0.2, 0) is 22.6 Å². The third kappa shape index (κ3) is 3.60. The lowest BCUT2D eigenvalue weighted by molar-refractivity contribution is -0.144. The van der Waals surface area contributed by atoms with Crippen molar-refractivity contribution in [1.29, 1.82) is 0 Å². The van der Waals surface area contributed by atoms with Gasteiger partial charge < -0.3 is 24.7 Å². The predicted molar refractivity (Wildman–Crippen MR) is 98.3 cm³/mol. The highest BCUT2D eigenvalue weighted by Gasteiger charge is 2.36. The molecule has 1 aromatic carbocycles. The first kappa shape index (κ1) is 19.1. The number of aromatic nitrogens is 2. The first-order valence-corrected chi connectivity index (χ1v) is 8.75. The van der Waals surface area contributed by atoms with Gasteiger partial charge in [0.25, 0.3) is 5.91 Å². The van der Waals surface area contributed by atoms with Crippen molar-refractivity contribution in [2.45, 2.75) is 40.0 Å². The number of aromatic amines is 1. The molecule has 3 rings (SSSR count). The number of carbonyl (C=O) groups excluding carboxylic acids is 1. The van der Waals surface area contributed by atoms with Gasteiger partial charge in [-0.05, 0) is 35.5 Å². The number of hydrogen-bond donors (Lipinski definition) is 3. The van der Waals surface area contributed by atoms with Gasteiger partial charge in [-0.1, -0.05) is 19.9 Å². The number of benzene rings is 1. The van der Waals surface area contributed by atoms with Crippen molar-refractivity contribution in [2.75, 3.05) is 0 Å². The molecule has 1 atom stereocenters. The molecule has 1 aromatic heterocycles. The van der Waals surface area contributed by atoms with Crippen LogP contribution in [0.3, 0.4) is 0 Å². The van der Waals surface area contributed by atoms with E-state index >= 15 is 0 Å². The third-order valence-corrected chi connectivity index (χ3v) is 4.84. The highest BCUT2D eigenvalue weighted by molar-refractivity contribution is 6.62. The molecule has 0 spiro atoms. The Morgan fingerprint density at radius 3 is 2.74 bits per heavy atom. The SMILES string of the molecule is Cc1c(C(=O)N(Cc2ncc[nH]2)[C@H](C(=O)O)C(C)C)ccc2c1B(O)OC2. The summed E-state index contributed by atoms with van der Waals surface area (Å²) >= 11 is 0. The maximum atomic E-state index is 13.3. The van der Waals surface area contributed by atoms with Gasteiger partial charge in [-0.3, -0.25) is 4.79 Å². The largest absolute Gasteiger partial charge is 0.492 e. The van der Waals surface area contributed by atoms with Crippen molar-refractivity contribution < 1.29 is 24.4 Å². The molecule has 142 valence electrons. The summed E-state index contributed by atoms with van der Waals surface area (Å²) in [5, 5.41) is 19.8. The molecular formula is C18H22BN3O5. The molecular weight excluding hydrogens is 349 g/mol. The lowest BCUT2D eigenvalue weighted by atomic mass is 9.75. The highest BCUT2D eigenvalue weighted by atomic mass is 16.5. The number of carboxylic acid groups (broad SMARTS) is 1. The average Bonchev–Trinajstić information content (AvgIpc) is 3.23. The van der Waals surface area contributed by atoms with E-state index in [-0.39, 0.29) is 19.1 Å². The Hall–Kier alpha value is -2.65. The number of fused-ring (bicyclic) bond motifs is 1. The van der Waals surface area contributed by atoms with Gasteiger partial charge in [-0.25, -0.2) is 9.78 Å². The van der Waals surface area contributed by atoms with Crippen LogP contribution >= 0.6 is 0 Å². The fraction of sp³-hybridized carbons (Fsp3) is 0.389. The van der Waals surface area contributed by atoms with Crippen LogP contribution in [0.1, 0.15) is 41.2 Å². The normalized spacial score (nSPS) is 14.3. The molecule has 0 saturated carbocycles. The molecule has 3 N–H and O–H groups in total. The Labute approximate surface area is 157 Å². The van der Waals surface area contributed by atoms with Gasteiger partial charge in [-0.15, -0.1) is 0 Å². The number of nitrogens with one attached hydrogen (secondary N) is 1. The summed E-state index contributed by atoms with van der Waals surface area (Å²) < 4.78 is 5.23. The van der Waals surface area contributed by atoms with Crippen LogP contribution in [0.25, 0.3) is 0 Å². The maximum Gasteiger partial charge on any atom is 0.492 e. The van der Waals surface area contributed by atoms with Gasteiger partial charge in [-0.2, -0.15) is 0 Å². The number of hydrogen-bond acceptors (Lipinski definition) is 5. The fourth-order valence-electron chi connectivity index (χ4n) is 3.51. The minimum Gasteiger partial charge on any atom is -0.480 e. The van der Waals surface area contributed by atoms with E-state index in [1.54, 1.807) is 45.3 Å². The molecule has 0 unspecified atom stereocenters. The van der Waals surface area contributed by atoms with E-state index in [1.807, 2.05) is 0 Å². The van der Waals surface area contributed by atoms with E-state index in [2.05, 4.69) is 9.97 Å². The van der Waals surface area contributed by atoms with Crippen LogP contribution in [0.15, 0.2) is 24.5 Å². The van der Waals surface area contributed by atoms with Crippen LogP contribution in [0.2, 0.25) is 0 Å². The van der Waals surface area contributed by atoms with E-state index in [9.17, 15) is 19.7 Å². The Morgan fingerprint density at radius 2 is 2.15 bits per heavy atom. The van der Waals surface area contributed by atoms with E-state index < -0.39 is 25.0 Å². The molecule has 2 aromatic rings. The first-order valence-electron chi connectivity index (χ1n) is 8.75. The third-order valence-electron chi connectivity index (χ3n) is 4.84. The number of carboxylic acids is 1. The topological polar surface area (TPSA) is 116 Å². The molecule has 0 bridgehead atoms. The number of rotatable bonds is 6. The van der Waals surface area contributed by atoms with Gasteiger partial charge in [0, 0.05) is 18.0 Å². The van der Waals surface area contributed by atoms with Gasteiger partial charge in [0.2, 0.25) is 0 Å². The molecule has 27 heavy (non-hydrogen) atoms. The second-order valence-corrected chi connectivity index (χ2v) is 6.97. The van der Waals surface area contributed by atoms with Gasteiger partial charge in [0.05, 0.1) is 13.2 Å². The summed E-state index contributed by atoms with van der Waals surface area (Å²) in [6.07, 6.45) is 3.18. The van der Waals surface area contributed by atoms with Gasteiger partial charge in [0.15, 0.2) is 0 Å². The summed E-state index contributed by atoms with van der Waals surface area (Å²) in [4.78, 5) is 33.6. The molecule has 1 aliphatic rings. The molecule has 0 radical (unpaired) electrons. The van der Waals surface area contributed by atoms with Gasteiger partial charge >= 0.3 is 13.1 Å². The molecule has 0 aliphatic carbocycles. The van der Waals surface area contributed by atoms with Crippen molar-refractivity contribution in [1.82, 2.24) is 14.9 Å². The smallest absolute Gasteiger partial charge is 0.480 e. The standard InChI is InChI=1S/C18H22BN3O5/c1-10(2)16(18(24)25)22(8-14-20-6-7-21-14)17(23)13-5-4-12-9-27-19(26)15(12)11(13)3/h4-7,10,16,26H,8-9H2,1-3H3,(H,20,21)(H,24,25)/t16-/m0/s1. The maximum absolute atomic E-state index is 13.3. The number of carbonyl (C=O) groups is 2. The van der Waals surface area contributed by atoms with Crippen molar-refractivity contribution in [3.63, 3.8) is 0 Å². The van der Waals surface area contributed by atoms with E-state index in [4.69, 9.17) is 4.65 Å². The summed E-state index contributed by atoms with van der Waals surface area (Å²) in [7, 11) is -1.08. The number of H-pyrrole nitrogens is 1. The number of amides is 1. The van der Waals surface area contributed by atoms with Crippen molar-refractivity contribution in [2.24, 2.45) is 5.92 Å². The molecule has 0 fully saturated rings. The zero-order valence-electron chi connectivity index (χ0n) is 15.5. The van der Waals surface area contributed by atoms with E-state index in [0.717, 1.165) is 5.56 Å². The van der Waals surface area contributed by atoms with Gasteiger partial charge in [0.1, 0.15) is 11.9 Å². The molecule has 0 saturated heterocycles. The lowest BCUT2D eigenvalue weighted by Gasteiger charge is -2.31. The minimum absolute atomic E-state index is 0.0383. The van der Waals surface area contributed by atoms with Crippen molar-refractivity contribution in [3.8, 4) is 0 Å². The quantitative estimate of drug-likeness (QED) is 0.644. The second kappa shape index (κ2) is 7.54. The number of aliphatic carboxylic acids is 1. The zero-order chi connectivity index (χ0) is 19.7. The summed E-state index contributed by atoms with van der Waals surface area (Å²) in [5.74, 6) is -1.30. The Balaban J connectivity index is 2.03. The average molecular weight is 371 g/mol. The van der Waals surface area contributed by atoms with Crippen molar-refractivity contribution >= 4 is 24.5 Å². The van der Waals surface area contributed by atoms with Crippen molar-refractivity contribution in [3.05, 3.63) is 47.0 Å². The lowest BCUT2D eigenvalue weighted by Crippen LogP contribution is -2.48. The Bertz CT molecular complexity index is 853. The number of imidazole rings is 1. The minimum atomic E-state index is -1.08. The highest BCUT2D eigenvalue weighted by Crippen LogP contribution is 2.22. The predicted octanol–water partition coefficient (Wildman–Crippen LogP) is 0.687. The fourth-order valence-corrected chi connectivity index (χ4v) is 3.51. The molecule has 1 aliphatic heterocycles. The van der Waals surface area contributed by atoms with Crippen LogP contribution in [-0.4, -0.2) is 50.0 Å². The summed E-state index contributed by atoms with van der Waals surface area (Å²) in [6.45, 7) is 5.57. The second-order valence-electron chi connectivity index (χ2n) is 6.97. The molecule has 9 heteroatoms. The Morgan fingerprint density at radius 1 is 1.41 bits per heavy atom. The van der Waals surface area contributed by atoms with Crippen LogP contribution in [0.5, 0.6) is 0 Å². The van der Waals surface area contributed by atoms with E-state index in [0.29, 0.717) is 22.4 Å². The molecule has 1 amide bonds.